The molecule has 2 rings (SSSR count). The quantitative estimate of drug-likeness (QED) is 0.741. The lowest BCUT2D eigenvalue weighted by atomic mass is 10.1. The smallest absolute Gasteiger partial charge is 0.271 e. The predicted molar refractivity (Wildman–Crippen MR) is 90.3 cm³/mol. The van der Waals surface area contributed by atoms with Gasteiger partial charge in [0.15, 0.2) is 0 Å². The van der Waals surface area contributed by atoms with Crippen LogP contribution in [-0.4, -0.2) is 17.7 Å². The standard InChI is InChI=1S/C17H16ClN3O3/c1-11(22)19-10-12-6-8-13(9-7-12)16(23)20-21-17(24)14-4-2-3-5-15(14)18/h2-9H,10H2,1H3,(H,19,22)(H,20,23)(H,21,24). The van der Waals surface area contributed by atoms with Crippen LogP contribution in [0, 0.1) is 0 Å². The fourth-order valence-electron chi connectivity index (χ4n) is 1.90. The first-order valence-corrected chi connectivity index (χ1v) is 7.54. The van der Waals surface area contributed by atoms with Gasteiger partial charge in [-0.1, -0.05) is 35.9 Å². The summed E-state index contributed by atoms with van der Waals surface area (Å²) >= 11 is 5.92. The average Bonchev–Trinajstić information content (AvgIpc) is 2.58. The average molecular weight is 346 g/mol. The van der Waals surface area contributed by atoms with Gasteiger partial charge >= 0.3 is 0 Å². The van der Waals surface area contributed by atoms with Gasteiger partial charge in [-0.05, 0) is 29.8 Å². The van der Waals surface area contributed by atoms with E-state index in [0.717, 1.165) is 5.56 Å². The van der Waals surface area contributed by atoms with E-state index >= 15 is 0 Å². The van der Waals surface area contributed by atoms with Crippen molar-refractivity contribution in [1.29, 1.82) is 0 Å². The van der Waals surface area contributed by atoms with Gasteiger partial charge in [-0.25, -0.2) is 0 Å². The van der Waals surface area contributed by atoms with Gasteiger partial charge in [0.25, 0.3) is 11.8 Å². The van der Waals surface area contributed by atoms with Crippen LogP contribution in [-0.2, 0) is 11.3 Å². The normalized spacial score (nSPS) is 9.92. The largest absolute Gasteiger partial charge is 0.352 e. The van der Waals surface area contributed by atoms with Crippen molar-refractivity contribution in [3.63, 3.8) is 0 Å². The molecule has 6 nitrogen and oxygen atoms in total. The van der Waals surface area contributed by atoms with E-state index in [1.807, 2.05) is 0 Å². The molecule has 0 radical (unpaired) electrons. The molecule has 2 aromatic carbocycles. The summed E-state index contributed by atoms with van der Waals surface area (Å²) in [6, 6.07) is 13.2. The Balaban J connectivity index is 1.91. The second-order valence-corrected chi connectivity index (χ2v) is 5.40. The van der Waals surface area contributed by atoms with Crippen LogP contribution in [0.2, 0.25) is 5.02 Å². The Morgan fingerprint density at radius 2 is 1.54 bits per heavy atom. The van der Waals surface area contributed by atoms with Gasteiger partial charge in [0.05, 0.1) is 10.6 Å². The van der Waals surface area contributed by atoms with Crippen molar-refractivity contribution in [2.75, 3.05) is 0 Å². The molecule has 3 amide bonds. The molecule has 0 aromatic heterocycles. The molecule has 0 spiro atoms. The third kappa shape index (κ3) is 4.82. The second-order valence-electron chi connectivity index (χ2n) is 4.99. The fraction of sp³-hybridized carbons (Fsp3) is 0.118. The first kappa shape index (κ1) is 17.5. The molecule has 7 heteroatoms. The van der Waals surface area contributed by atoms with Gasteiger partial charge in [-0.2, -0.15) is 0 Å². The highest BCUT2D eigenvalue weighted by molar-refractivity contribution is 6.33. The Labute approximate surface area is 144 Å². The maximum absolute atomic E-state index is 12.0. The molecule has 0 aliphatic carbocycles. The molecule has 0 unspecified atom stereocenters. The summed E-state index contributed by atoms with van der Waals surface area (Å²) < 4.78 is 0. The minimum atomic E-state index is -0.503. The van der Waals surface area contributed by atoms with Crippen LogP contribution < -0.4 is 16.2 Å². The molecule has 24 heavy (non-hydrogen) atoms. The van der Waals surface area contributed by atoms with Gasteiger partial charge in [-0.15, -0.1) is 0 Å². The van der Waals surface area contributed by atoms with Crippen LogP contribution in [0.25, 0.3) is 0 Å². The van der Waals surface area contributed by atoms with E-state index in [4.69, 9.17) is 11.6 Å². The third-order valence-corrected chi connectivity index (χ3v) is 3.50. The molecule has 0 saturated heterocycles. The zero-order valence-corrected chi connectivity index (χ0v) is 13.7. The lowest BCUT2D eigenvalue weighted by Gasteiger charge is -2.09. The van der Waals surface area contributed by atoms with Crippen molar-refractivity contribution in [2.24, 2.45) is 0 Å². The van der Waals surface area contributed by atoms with Gasteiger partial charge in [0.2, 0.25) is 5.91 Å². The van der Waals surface area contributed by atoms with Crippen LogP contribution in [0.15, 0.2) is 48.5 Å². The summed E-state index contributed by atoms with van der Waals surface area (Å²) in [6.07, 6.45) is 0. The van der Waals surface area contributed by atoms with Crippen LogP contribution in [0.4, 0.5) is 0 Å². The Morgan fingerprint density at radius 1 is 0.917 bits per heavy atom. The van der Waals surface area contributed by atoms with Crippen LogP contribution >= 0.6 is 11.6 Å². The second kappa shape index (κ2) is 8.12. The fourth-order valence-corrected chi connectivity index (χ4v) is 2.12. The number of hydrogen-bond donors (Lipinski definition) is 3. The number of carbonyl (C=O) groups excluding carboxylic acids is 3. The van der Waals surface area contributed by atoms with Gasteiger partial charge in [0.1, 0.15) is 0 Å². The number of rotatable bonds is 4. The van der Waals surface area contributed by atoms with Crippen molar-refractivity contribution < 1.29 is 14.4 Å². The number of nitrogens with one attached hydrogen (secondary N) is 3. The molecule has 0 fully saturated rings. The lowest BCUT2D eigenvalue weighted by molar-refractivity contribution is -0.119. The lowest BCUT2D eigenvalue weighted by Crippen LogP contribution is -2.41. The molecular formula is C17H16ClN3O3. The van der Waals surface area contributed by atoms with Crippen LogP contribution in [0.3, 0.4) is 0 Å². The topological polar surface area (TPSA) is 87.3 Å². The number of amides is 3. The first-order valence-electron chi connectivity index (χ1n) is 7.16. The molecule has 0 aliphatic heterocycles. The Bertz CT molecular complexity index is 760. The SMILES string of the molecule is CC(=O)NCc1ccc(C(=O)NNC(=O)c2ccccc2Cl)cc1. The molecule has 124 valence electrons. The highest BCUT2D eigenvalue weighted by Gasteiger charge is 2.11. The zero-order chi connectivity index (χ0) is 17.5. The maximum Gasteiger partial charge on any atom is 0.271 e. The maximum atomic E-state index is 12.0. The van der Waals surface area contributed by atoms with Crippen molar-refractivity contribution in [1.82, 2.24) is 16.2 Å². The van der Waals surface area contributed by atoms with Crippen molar-refractivity contribution >= 4 is 29.3 Å². The van der Waals surface area contributed by atoms with E-state index in [-0.39, 0.29) is 11.5 Å². The summed E-state index contributed by atoms with van der Waals surface area (Å²) in [6.45, 7) is 1.82. The molecular weight excluding hydrogens is 330 g/mol. The summed E-state index contributed by atoms with van der Waals surface area (Å²) in [4.78, 5) is 34.8. The Kier molecular flexibility index (Phi) is 5.92. The highest BCUT2D eigenvalue weighted by Crippen LogP contribution is 2.14. The van der Waals surface area contributed by atoms with E-state index in [2.05, 4.69) is 16.2 Å². The van der Waals surface area contributed by atoms with E-state index in [1.165, 1.54) is 6.92 Å². The molecule has 0 heterocycles. The number of benzene rings is 2. The van der Waals surface area contributed by atoms with Crippen molar-refractivity contribution in [3.8, 4) is 0 Å². The van der Waals surface area contributed by atoms with Gasteiger partial charge < -0.3 is 5.32 Å². The van der Waals surface area contributed by atoms with E-state index in [9.17, 15) is 14.4 Å². The van der Waals surface area contributed by atoms with E-state index in [0.29, 0.717) is 17.1 Å². The molecule has 0 atom stereocenters. The Hall–Kier alpha value is -2.86. The predicted octanol–water partition coefficient (Wildman–Crippen LogP) is 2.05. The summed E-state index contributed by atoms with van der Waals surface area (Å²) in [5, 5.41) is 2.96. The summed E-state index contributed by atoms with van der Waals surface area (Å²) in [7, 11) is 0. The minimum absolute atomic E-state index is 0.126. The number of carbonyl (C=O) groups is 3. The van der Waals surface area contributed by atoms with Crippen molar-refractivity contribution in [3.05, 3.63) is 70.2 Å². The third-order valence-electron chi connectivity index (χ3n) is 3.17. The molecule has 0 saturated carbocycles. The monoisotopic (exact) mass is 345 g/mol. The van der Waals surface area contributed by atoms with E-state index in [1.54, 1.807) is 48.5 Å². The zero-order valence-electron chi connectivity index (χ0n) is 12.9. The van der Waals surface area contributed by atoms with Crippen molar-refractivity contribution in [2.45, 2.75) is 13.5 Å². The first-order chi connectivity index (χ1) is 11.5. The number of hydrogen-bond acceptors (Lipinski definition) is 3. The van der Waals surface area contributed by atoms with Crippen LogP contribution in [0.1, 0.15) is 33.2 Å². The Morgan fingerprint density at radius 3 is 2.17 bits per heavy atom. The highest BCUT2D eigenvalue weighted by atomic mass is 35.5. The molecule has 0 bridgehead atoms. The summed E-state index contributed by atoms with van der Waals surface area (Å²) in [5.41, 5.74) is 6.15. The molecule has 0 aliphatic rings. The van der Waals surface area contributed by atoms with Gasteiger partial charge in [0, 0.05) is 19.0 Å². The van der Waals surface area contributed by atoms with E-state index < -0.39 is 11.8 Å². The van der Waals surface area contributed by atoms with Crippen LogP contribution in [0.5, 0.6) is 0 Å². The minimum Gasteiger partial charge on any atom is -0.352 e. The number of hydrazine groups is 1. The van der Waals surface area contributed by atoms with Gasteiger partial charge in [-0.3, -0.25) is 25.2 Å². The molecule has 2 aromatic rings. The summed E-state index contributed by atoms with van der Waals surface area (Å²) in [5.74, 6) is -1.09. The number of halogens is 1. The molecule has 3 N–H and O–H groups in total.